The third-order valence-corrected chi connectivity index (χ3v) is 7.29. The maximum atomic E-state index is 12.1. The van der Waals surface area contributed by atoms with Crippen LogP contribution < -0.4 is 9.64 Å². The third kappa shape index (κ3) is 4.42. The predicted octanol–water partition coefficient (Wildman–Crippen LogP) is 0.398. The molecule has 0 saturated carbocycles. The molecule has 146 valence electrons. The van der Waals surface area contributed by atoms with Crippen molar-refractivity contribution in [2.75, 3.05) is 36.7 Å². The number of fused-ring (bicyclic) bond motifs is 1. The van der Waals surface area contributed by atoms with E-state index < -0.39 is 34.9 Å². The van der Waals surface area contributed by atoms with Gasteiger partial charge in [-0.1, -0.05) is 23.9 Å². The van der Waals surface area contributed by atoms with E-state index in [9.17, 15) is 18.0 Å². The zero-order valence-corrected chi connectivity index (χ0v) is 16.0. The number of carboxylic acid groups (broad SMARTS) is 1. The molecule has 2 saturated heterocycles. The van der Waals surface area contributed by atoms with Crippen LogP contribution in [0.2, 0.25) is 0 Å². The average molecular weight is 414 g/mol. The van der Waals surface area contributed by atoms with E-state index in [1.54, 1.807) is 29.2 Å². The van der Waals surface area contributed by atoms with Gasteiger partial charge in [0.05, 0.1) is 30.3 Å². The van der Waals surface area contributed by atoms with Gasteiger partial charge in [-0.25, -0.2) is 13.2 Å². The van der Waals surface area contributed by atoms with Gasteiger partial charge in [-0.2, -0.15) is 4.99 Å². The van der Waals surface area contributed by atoms with Crippen LogP contribution in [0, 0.1) is 0 Å². The van der Waals surface area contributed by atoms with Crippen LogP contribution in [0.1, 0.15) is 0 Å². The highest BCUT2D eigenvalue weighted by atomic mass is 32.2. The molecule has 3 rings (SSSR count). The molecule has 1 amide bonds. The number of carboxylic acids is 1. The van der Waals surface area contributed by atoms with Crippen molar-refractivity contribution in [1.82, 2.24) is 0 Å². The van der Waals surface area contributed by atoms with E-state index in [1.807, 2.05) is 0 Å². The Balaban J connectivity index is 1.90. The van der Waals surface area contributed by atoms with Crippen LogP contribution in [0.15, 0.2) is 29.3 Å². The van der Waals surface area contributed by atoms with Gasteiger partial charge in [0.25, 0.3) is 5.91 Å². The lowest BCUT2D eigenvalue weighted by atomic mass is 10.2. The fraction of sp³-hybridized carbons (Fsp3) is 0.438. The minimum absolute atomic E-state index is 0.0106. The molecule has 0 bridgehead atoms. The number of aliphatic carboxylic acids is 1. The van der Waals surface area contributed by atoms with Crippen molar-refractivity contribution in [1.29, 1.82) is 0 Å². The molecule has 2 atom stereocenters. The van der Waals surface area contributed by atoms with Crippen molar-refractivity contribution in [2.45, 2.75) is 11.3 Å². The number of amidine groups is 1. The number of carbonyl (C=O) groups is 2. The Bertz CT molecular complexity index is 885. The zero-order chi connectivity index (χ0) is 19.6. The first-order valence-electron chi connectivity index (χ1n) is 8.01. The minimum Gasteiger partial charge on any atom is -0.495 e. The van der Waals surface area contributed by atoms with E-state index in [1.165, 1.54) is 18.9 Å². The molecule has 1 N–H and O–H groups in total. The zero-order valence-electron chi connectivity index (χ0n) is 14.4. The second-order valence-corrected chi connectivity index (χ2v) is 9.38. The fourth-order valence-corrected chi connectivity index (χ4v) is 6.96. The third-order valence-electron chi connectivity index (χ3n) is 4.08. The summed E-state index contributed by atoms with van der Waals surface area (Å²) in [4.78, 5) is 28.3. The molecule has 0 radical (unpaired) electrons. The van der Waals surface area contributed by atoms with Crippen LogP contribution in [0.4, 0.5) is 5.69 Å². The van der Waals surface area contributed by atoms with Crippen molar-refractivity contribution >= 4 is 44.3 Å². The first kappa shape index (κ1) is 19.6. The second-order valence-electron chi connectivity index (χ2n) is 6.02. The quantitative estimate of drug-likeness (QED) is 0.704. The van der Waals surface area contributed by atoms with Crippen LogP contribution in [-0.4, -0.2) is 73.7 Å². The molecule has 2 heterocycles. The Kier molecular flexibility index (Phi) is 5.72. The van der Waals surface area contributed by atoms with Crippen LogP contribution in [-0.2, 0) is 24.2 Å². The highest BCUT2D eigenvalue weighted by Gasteiger charge is 2.50. The maximum absolute atomic E-state index is 12.1. The normalized spacial score (nSPS) is 24.8. The number of nitrogens with zero attached hydrogens (tertiary/aromatic N) is 2. The van der Waals surface area contributed by atoms with Gasteiger partial charge >= 0.3 is 5.97 Å². The molecule has 9 nitrogen and oxygen atoms in total. The number of methoxy groups -OCH3 is 1. The molecular weight excluding hydrogens is 396 g/mol. The Morgan fingerprint density at radius 3 is 2.74 bits per heavy atom. The van der Waals surface area contributed by atoms with E-state index >= 15 is 0 Å². The number of carbonyl (C=O) groups excluding carboxylic acids is 1. The number of ether oxygens (including phenoxy) is 2. The maximum Gasteiger partial charge on any atom is 0.329 e. The summed E-state index contributed by atoms with van der Waals surface area (Å²) in [6, 6.07) is 6.73. The first-order chi connectivity index (χ1) is 12.8. The lowest BCUT2D eigenvalue weighted by molar-refractivity contribution is -0.143. The van der Waals surface area contributed by atoms with Gasteiger partial charge in [0, 0.05) is 5.25 Å². The molecular formula is C16H18N2O7S2. The number of aliphatic imine (C=N–C) groups is 1. The number of sulfone groups is 1. The van der Waals surface area contributed by atoms with Crippen LogP contribution in [0.25, 0.3) is 0 Å². The molecule has 27 heavy (non-hydrogen) atoms. The Morgan fingerprint density at radius 1 is 1.30 bits per heavy atom. The number of anilines is 1. The summed E-state index contributed by atoms with van der Waals surface area (Å²) < 4.78 is 34.3. The number of benzene rings is 1. The monoisotopic (exact) mass is 414 g/mol. The molecule has 1 aromatic rings. The number of hydrogen-bond acceptors (Lipinski definition) is 7. The number of rotatable bonds is 6. The van der Waals surface area contributed by atoms with Crippen LogP contribution in [0.5, 0.6) is 5.75 Å². The minimum atomic E-state index is -3.17. The lowest BCUT2D eigenvalue weighted by Gasteiger charge is -2.26. The smallest absolute Gasteiger partial charge is 0.329 e. The average Bonchev–Trinajstić information content (AvgIpc) is 3.05. The van der Waals surface area contributed by atoms with Crippen LogP contribution in [0.3, 0.4) is 0 Å². The Hall–Kier alpha value is -2.11. The molecule has 0 aliphatic carbocycles. The predicted molar refractivity (Wildman–Crippen MR) is 100 cm³/mol. The second kappa shape index (κ2) is 7.87. The van der Waals surface area contributed by atoms with Crippen molar-refractivity contribution in [3.8, 4) is 5.75 Å². The van der Waals surface area contributed by atoms with E-state index in [0.29, 0.717) is 16.6 Å². The number of hydrogen-bond donors (Lipinski definition) is 1. The number of amides is 1. The van der Waals surface area contributed by atoms with E-state index in [0.717, 1.165) is 0 Å². The summed E-state index contributed by atoms with van der Waals surface area (Å²) in [6.07, 6.45) is 0. The lowest BCUT2D eigenvalue weighted by Crippen LogP contribution is -2.38. The summed E-state index contributed by atoms with van der Waals surface area (Å²) >= 11 is 1.22. The van der Waals surface area contributed by atoms with Gasteiger partial charge in [0.2, 0.25) is 0 Å². The summed E-state index contributed by atoms with van der Waals surface area (Å²) in [5, 5.41) is 8.67. The fourth-order valence-electron chi connectivity index (χ4n) is 3.04. The molecule has 0 aromatic heterocycles. The Morgan fingerprint density at radius 2 is 2.04 bits per heavy atom. The summed E-state index contributed by atoms with van der Waals surface area (Å²) in [6.45, 7) is -1.06. The van der Waals surface area contributed by atoms with Gasteiger partial charge in [-0.05, 0) is 12.1 Å². The highest BCUT2D eigenvalue weighted by Crippen LogP contribution is 2.43. The van der Waals surface area contributed by atoms with E-state index in [2.05, 4.69) is 4.99 Å². The summed E-state index contributed by atoms with van der Waals surface area (Å²) in [5.41, 5.74) is 0.620. The molecule has 2 aliphatic heterocycles. The summed E-state index contributed by atoms with van der Waals surface area (Å²) in [5.74, 6) is -1.31. The largest absolute Gasteiger partial charge is 0.495 e. The van der Waals surface area contributed by atoms with Crippen molar-refractivity contribution in [3.05, 3.63) is 24.3 Å². The van der Waals surface area contributed by atoms with Gasteiger partial charge in [0.1, 0.15) is 19.0 Å². The SMILES string of the molecule is COc1ccccc1N1C(=NC(=O)COCC(=O)O)SC2CS(=O)(=O)CC21. The topological polar surface area (TPSA) is 123 Å². The van der Waals surface area contributed by atoms with Gasteiger partial charge in [-0.3, -0.25) is 4.79 Å². The first-order valence-corrected chi connectivity index (χ1v) is 10.7. The van der Waals surface area contributed by atoms with Crippen molar-refractivity contribution < 1.29 is 32.6 Å². The number of thioether (sulfide) groups is 1. The van der Waals surface area contributed by atoms with Crippen LogP contribution >= 0.6 is 11.8 Å². The molecule has 2 aliphatic rings. The van der Waals surface area contributed by atoms with Gasteiger partial charge < -0.3 is 19.5 Å². The molecule has 0 spiro atoms. The molecule has 2 fully saturated rings. The van der Waals surface area contributed by atoms with E-state index in [-0.39, 0.29) is 22.8 Å². The number of para-hydroxylation sites is 2. The molecule has 1 aromatic carbocycles. The highest BCUT2D eigenvalue weighted by molar-refractivity contribution is 8.16. The van der Waals surface area contributed by atoms with Gasteiger partial charge in [-0.15, -0.1) is 0 Å². The standard InChI is InChI=1S/C16H18N2O7S2/c1-24-12-5-3-2-4-10(12)18-11-8-27(22,23)9-13(11)26-16(18)17-14(19)6-25-7-15(20)21/h2-5,11,13H,6-9H2,1H3,(H,20,21). The molecule has 11 heteroatoms. The molecule has 2 unspecified atom stereocenters. The summed E-state index contributed by atoms with van der Waals surface area (Å²) in [7, 11) is -1.67. The Labute approximate surface area is 160 Å². The van der Waals surface area contributed by atoms with Crippen molar-refractivity contribution in [2.24, 2.45) is 4.99 Å². The van der Waals surface area contributed by atoms with E-state index in [4.69, 9.17) is 14.6 Å². The van der Waals surface area contributed by atoms with Gasteiger partial charge in [0.15, 0.2) is 15.0 Å². The van der Waals surface area contributed by atoms with Crippen molar-refractivity contribution in [3.63, 3.8) is 0 Å².